The molecule has 0 aliphatic rings. The Hall–Kier alpha value is -1.62. The highest BCUT2D eigenvalue weighted by molar-refractivity contribution is 6.29. The quantitative estimate of drug-likeness (QED) is 0.819. The fourth-order valence-electron chi connectivity index (χ4n) is 1.93. The van der Waals surface area contributed by atoms with Crippen molar-refractivity contribution in [3.63, 3.8) is 0 Å². The van der Waals surface area contributed by atoms with Crippen LogP contribution in [0.25, 0.3) is 0 Å². The zero-order valence-electron chi connectivity index (χ0n) is 12.7. The Labute approximate surface area is 129 Å². The maximum atomic E-state index is 12.3. The van der Waals surface area contributed by atoms with Crippen LogP contribution in [0.5, 0.6) is 0 Å². The van der Waals surface area contributed by atoms with Crippen molar-refractivity contribution in [3.8, 4) is 0 Å². The van der Waals surface area contributed by atoms with Crippen LogP contribution in [-0.2, 0) is 11.2 Å². The van der Waals surface area contributed by atoms with E-state index in [4.69, 9.17) is 11.6 Å². The highest BCUT2D eigenvalue weighted by Gasteiger charge is 2.32. The molecule has 0 aliphatic carbocycles. The Morgan fingerprint density at radius 3 is 2.48 bits per heavy atom. The lowest BCUT2D eigenvalue weighted by Gasteiger charge is -2.27. The summed E-state index contributed by atoms with van der Waals surface area (Å²) >= 11 is 5.91. The molecule has 0 saturated heterocycles. The molecule has 0 fully saturated rings. The van der Waals surface area contributed by atoms with Gasteiger partial charge < -0.3 is 10.4 Å². The third-order valence-electron chi connectivity index (χ3n) is 3.00. The minimum atomic E-state index is -1.07. The first-order valence-corrected chi connectivity index (χ1v) is 7.23. The lowest BCUT2D eigenvalue weighted by Crippen LogP contribution is -2.49. The van der Waals surface area contributed by atoms with Crippen molar-refractivity contribution in [2.24, 2.45) is 5.41 Å². The number of amides is 1. The van der Waals surface area contributed by atoms with E-state index in [1.54, 1.807) is 26.8 Å². The van der Waals surface area contributed by atoms with Gasteiger partial charge in [0, 0.05) is 11.3 Å². The maximum Gasteiger partial charge on any atom is 0.326 e. The summed E-state index contributed by atoms with van der Waals surface area (Å²) in [5.74, 6) is -1.52. The highest BCUT2D eigenvalue weighted by atomic mass is 35.5. The van der Waals surface area contributed by atoms with Crippen LogP contribution in [-0.4, -0.2) is 28.0 Å². The van der Waals surface area contributed by atoms with Gasteiger partial charge in [0.05, 0.1) is 0 Å². The van der Waals surface area contributed by atoms with Crippen LogP contribution in [0.15, 0.2) is 12.1 Å². The summed E-state index contributed by atoms with van der Waals surface area (Å²) in [6.45, 7) is 7.28. The van der Waals surface area contributed by atoms with Gasteiger partial charge >= 0.3 is 5.97 Å². The van der Waals surface area contributed by atoms with Crippen molar-refractivity contribution in [2.75, 3.05) is 0 Å². The maximum absolute atomic E-state index is 12.3. The second kappa shape index (κ2) is 6.89. The van der Waals surface area contributed by atoms with Crippen LogP contribution in [0, 0.1) is 5.41 Å². The summed E-state index contributed by atoms with van der Waals surface area (Å²) in [5, 5.41) is 12.0. The molecule has 2 N–H and O–H groups in total. The number of aromatic nitrogens is 1. The molecule has 21 heavy (non-hydrogen) atoms. The average molecular weight is 313 g/mol. The molecule has 1 atom stereocenters. The number of hydrogen-bond donors (Lipinski definition) is 2. The molecule has 1 aromatic heterocycles. The number of carboxylic acids is 1. The molecule has 5 nitrogen and oxygen atoms in total. The summed E-state index contributed by atoms with van der Waals surface area (Å²) < 4.78 is 0. The number of aliphatic carboxylic acids is 1. The molecular formula is C15H21ClN2O3. The fraction of sp³-hybridized carbons (Fsp3) is 0.533. The summed E-state index contributed by atoms with van der Waals surface area (Å²) in [5.41, 5.74) is 0.455. The van der Waals surface area contributed by atoms with Gasteiger partial charge in [0.25, 0.3) is 5.91 Å². The molecule has 1 heterocycles. The van der Waals surface area contributed by atoms with Gasteiger partial charge in [0.1, 0.15) is 11.2 Å². The van der Waals surface area contributed by atoms with Crippen molar-refractivity contribution in [1.82, 2.24) is 10.3 Å². The van der Waals surface area contributed by atoms with Crippen molar-refractivity contribution in [3.05, 3.63) is 28.5 Å². The van der Waals surface area contributed by atoms with Crippen LogP contribution < -0.4 is 5.32 Å². The van der Waals surface area contributed by atoms with E-state index in [2.05, 4.69) is 10.3 Å². The van der Waals surface area contributed by atoms with Crippen molar-refractivity contribution < 1.29 is 14.7 Å². The normalized spacial score (nSPS) is 12.8. The second-order valence-electron chi connectivity index (χ2n) is 6.03. The molecule has 0 aromatic carbocycles. The zero-order chi connectivity index (χ0) is 16.2. The minimum absolute atomic E-state index is 0.230. The first-order chi connectivity index (χ1) is 9.65. The van der Waals surface area contributed by atoms with E-state index >= 15 is 0 Å². The zero-order valence-corrected chi connectivity index (χ0v) is 13.5. The number of pyridine rings is 1. The van der Waals surface area contributed by atoms with Gasteiger partial charge in [-0.1, -0.05) is 45.7 Å². The molecule has 0 spiro atoms. The van der Waals surface area contributed by atoms with Crippen LogP contribution in [0.4, 0.5) is 0 Å². The Kier molecular flexibility index (Phi) is 5.72. The molecule has 1 amide bonds. The predicted octanol–water partition coefficient (Wildman–Crippen LogP) is 2.92. The Morgan fingerprint density at radius 2 is 2.00 bits per heavy atom. The summed E-state index contributed by atoms with van der Waals surface area (Å²) in [4.78, 5) is 27.7. The molecule has 0 bridgehead atoms. The monoisotopic (exact) mass is 312 g/mol. The van der Waals surface area contributed by atoms with Gasteiger partial charge in [-0.2, -0.15) is 0 Å². The van der Waals surface area contributed by atoms with Gasteiger partial charge in [0.2, 0.25) is 0 Å². The van der Waals surface area contributed by atoms with Gasteiger partial charge in [-0.15, -0.1) is 0 Å². The molecule has 116 valence electrons. The lowest BCUT2D eigenvalue weighted by atomic mass is 9.86. The third kappa shape index (κ3) is 5.01. The number of halogens is 1. The molecule has 0 radical (unpaired) electrons. The van der Waals surface area contributed by atoms with Crippen LogP contribution in [0.3, 0.4) is 0 Å². The molecule has 0 aliphatic heterocycles. The van der Waals surface area contributed by atoms with Crippen LogP contribution >= 0.6 is 11.6 Å². The van der Waals surface area contributed by atoms with E-state index in [1.165, 1.54) is 6.07 Å². The highest BCUT2D eigenvalue weighted by Crippen LogP contribution is 2.20. The van der Waals surface area contributed by atoms with Crippen molar-refractivity contribution in [1.29, 1.82) is 0 Å². The number of nitrogens with one attached hydrogen (secondary N) is 1. The van der Waals surface area contributed by atoms with E-state index in [0.29, 0.717) is 12.0 Å². The second-order valence-corrected chi connectivity index (χ2v) is 6.42. The average Bonchev–Trinajstić information content (AvgIpc) is 2.33. The number of rotatable bonds is 5. The summed E-state index contributed by atoms with van der Waals surface area (Å²) in [7, 11) is 0. The first kappa shape index (κ1) is 17.4. The number of hydrogen-bond acceptors (Lipinski definition) is 3. The molecule has 6 heteroatoms. The third-order valence-corrected chi connectivity index (χ3v) is 3.20. The van der Waals surface area contributed by atoms with E-state index in [1.807, 2.05) is 6.92 Å². The Morgan fingerprint density at radius 1 is 1.38 bits per heavy atom. The van der Waals surface area contributed by atoms with Crippen molar-refractivity contribution >= 4 is 23.5 Å². The van der Waals surface area contributed by atoms with Gasteiger partial charge in [-0.05, 0) is 24.0 Å². The lowest BCUT2D eigenvalue weighted by molar-refractivity contribution is -0.142. The fourth-order valence-corrected chi connectivity index (χ4v) is 2.16. The molecule has 1 rings (SSSR count). The predicted molar refractivity (Wildman–Crippen MR) is 81.6 cm³/mol. The van der Waals surface area contributed by atoms with Gasteiger partial charge in [-0.25, -0.2) is 9.78 Å². The topological polar surface area (TPSA) is 79.3 Å². The number of carbonyl (C=O) groups is 2. The van der Waals surface area contributed by atoms with E-state index in [9.17, 15) is 14.7 Å². The van der Waals surface area contributed by atoms with Crippen LogP contribution in [0.1, 0.15) is 50.2 Å². The molecule has 0 saturated carbocycles. The molecular weight excluding hydrogens is 292 g/mol. The Balaban J connectivity index is 3.00. The number of nitrogens with zero attached hydrogens (tertiary/aromatic N) is 1. The van der Waals surface area contributed by atoms with Gasteiger partial charge in [0.15, 0.2) is 0 Å². The smallest absolute Gasteiger partial charge is 0.326 e. The number of carboxylic acid groups (broad SMARTS) is 1. The number of carbonyl (C=O) groups excluding carboxylic acids is 1. The van der Waals surface area contributed by atoms with E-state index < -0.39 is 23.3 Å². The van der Waals surface area contributed by atoms with E-state index in [-0.39, 0.29) is 5.15 Å². The van der Waals surface area contributed by atoms with Crippen molar-refractivity contribution in [2.45, 2.75) is 46.6 Å². The van der Waals surface area contributed by atoms with E-state index in [0.717, 1.165) is 12.1 Å². The molecule has 0 unspecified atom stereocenters. The Bertz CT molecular complexity index is 538. The summed E-state index contributed by atoms with van der Waals surface area (Å²) in [6.07, 6.45) is 1.59. The van der Waals surface area contributed by atoms with Gasteiger partial charge in [-0.3, -0.25) is 4.79 Å². The largest absolute Gasteiger partial charge is 0.480 e. The minimum Gasteiger partial charge on any atom is -0.480 e. The number of aryl methyl sites for hydroxylation is 1. The SMILES string of the molecule is CCCc1cc(C(=O)N[C@H](C(=O)O)C(C)(C)C)cc(Cl)n1. The first-order valence-electron chi connectivity index (χ1n) is 6.85. The summed E-state index contributed by atoms with van der Waals surface area (Å²) in [6, 6.07) is 2.11. The van der Waals surface area contributed by atoms with Crippen LogP contribution in [0.2, 0.25) is 5.15 Å². The standard InChI is InChI=1S/C15H21ClN2O3/c1-5-6-10-7-9(8-11(16)17-10)13(19)18-12(14(20)21)15(2,3)4/h7-8,12H,5-6H2,1-4H3,(H,18,19)(H,20,21)/t12-/m1/s1. The molecule has 1 aromatic rings.